The minimum Gasteiger partial charge on any atom is -0.310 e. The second-order valence-electron chi connectivity index (χ2n) is 14.1. The Balaban J connectivity index is 1.28. The van der Waals surface area contributed by atoms with Gasteiger partial charge in [0, 0.05) is 47.7 Å². The molecule has 0 aliphatic heterocycles. The van der Waals surface area contributed by atoms with Crippen molar-refractivity contribution in [3.8, 4) is 33.4 Å². The molecule has 1 nitrogen and oxygen atoms in total. The molecule has 1 aromatic heterocycles. The van der Waals surface area contributed by atoms with Crippen LogP contribution in [-0.2, 0) is 5.41 Å². The van der Waals surface area contributed by atoms with Gasteiger partial charge in [-0.2, -0.15) is 0 Å². The fraction of sp³-hybridized carbons (Fsp3) is 0.0612. The average Bonchev–Trinajstić information content (AvgIpc) is 3.67. The highest BCUT2D eigenvalue weighted by Crippen LogP contribution is 2.53. The van der Waals surface area contributed by atoms with Crippen molar-refractivity contribution in [2.45, 2.75) is 19.3 Å². The van der Waals surface area contributed by atoms with Crippen molar-refractivity contribution in [1.29, 1.82) is 0 Å². The fourth-order valence-electron chi connectivity index (χ4n) is 8.35. The molecule has 0 amide bonds. The van der Waals surface area contributed by atoms with E-state index in [1.807, 2.05) is 11.3 Å². The molecule has 9 aromatic rings. The third-order valence-corrected chi connectivity index (χ3v) is 12.1. The zero-order valence-electron chi connectivity index (χ0n) is 28.6. The molecule has 1 aliphatic rings. The molecule has 2 heteroatoms. The van der Waals surface area contributed by atoms with Gasteiger partial charge in [0.1, 0.15) is 0 Å². The van der Waals surface area contributed by atoms with Gasteiger partial charge in [-0.05, 0) is 80.9 Å². The van der Waals surface area contributed by atoms with Crippen molar-refractivity contribution < 1.29 is 0 Å². The van der Waals surface area contributed by atoms with Gasteiger partial charge < -0.3 is 4.90 Å². The summed E-state index contributed by atoms with van der Waals surface area (Å²) in [6, 6.07) is 64.8. The van der Waals surface area contributed by atoms with Crippen LogP contribution in [0.25, 0.3) is 64.3 Å². The van der Waals surface area contributed by atoms with E-state index in [0.29, 0.717) is 0 Å². The predicted molar refractivity (Wildman–Crippen MR) is 220 cm³/mol. The lowest BCUT2D eigenvalue weighted by molar-refractivity contribution is 0.660. The van der Waals surface area contributed by atoms with Crippen LogP contribution >= 0.6 is 11.3 Å². The highest BCUT2D eigenvalue weighted by atomic mass is 32.1. The van der Waals surface area contributed by atoms with Crippen LogP contribution in [0.1, 0.15) is 25.0 Å². The number of thiophene rings is 1. The normalized spacial score (nSPS) is 13.1. The fourth-order valence-corrected chi connectivity index (χ4v) is 9.61. The summed E-state index contributed by atoms with van der Waals surface area (Å²) >= 11 is 1.90. The molecule has 0 radical (unpaired) electrons. The van der Waals surface area contributed by atoms with Crippen molar-refractivity contribution in [3.05, 3.63) is 187 Å². The second-order valence-corrected chi connectivity index (χ2v) is 15.2. The molecule has 0 saturated carbocycles. The van der Waals surface area contributed by atoms with Gasteiger partial charge in [-0.3, -0.25) is 0 Å². The molecule has 0 atom stereocenters. The van der Waals surface area contributed by atoms with Gasteiger partial charge in [0.2, 0.25) is 0 Å². The van der Waals surface area contributed by atoms with Crippen LogP contribution in [0.4, 0.5) is 17.1 Å². The van der Waals surface area contributed by atoms with Crippen molar-refractivity contribution in [2.24, 2.45) is 0 Å². The van der Waals surface area contributed by atoms with Gasteiger partial charge in [0.25, 0.3) is 0 Å². The largest absolute Gasteiger partial charge is 0.310 e. The van der Waals surface area contributed by atoms with Gasteiger partial charge in [0.15, 0.2) is 0 Å². The molecule has 0 fully saturated rings. The molecular formula is C49H35NS. The molecule has 8 aromatic carbocycles. The van der Waals surface area contributed by atoms with E-state index in [0.717, 1.165) is 11.4 Å². The molecule has 0 unspecified atom stereocenters. The van der Waals surface area contributed by atoms with E-state index in [-0.39, 0.29) is 5.41 Å². The summed E-state index contributed by atoms with van der Waals surface area (Å²) in [5.74, 6) is 0. The van der Waals surface area contributed by atoms with E-state index in [1.165, 1.54) is 81.1 Å². The molecule has 0 N–H and O–H groups in total. The third-order valence-electron chi connectivity index (χ3n) is 10.9. The Labute approximate surface area is 302 Å². The Morgan fingerprint density at radius 1 is 0.431 bits per heavy atom. The van der Waals surface area contributed by atoms with Crippen LogP contribution in [0.5, 0.6) is 0 Å². The second kappa shape index (κ2) is 11.6. The maximum absolute atomic E-state index is 2.50. The predicted octanol–water partition coefficient (Wildman–Crippen LogP) is 14.3. The highest BCUT2D eigenvalue weighted by molar-refractivity contribution is 7.26. The van der Waals surface area contributed by atoms with Crippen molar-refractivity contribution >= 4 is 59.3 Å². The zero-order valence-corrected chi connectivity index (χ0v) is 29.4. The minimum absolute atomic E-state index is 0.110. The topological polar surface area (TPSA) is 3.24 Å². The van der Waals surface area contributed by atoms with Crippen LogP contribution < -0.4 is 4.90 Å². The molecule has 242 valence electrons. The maximum Gasteiger partial charge on any atom is 0.0547 e. The summed E-state index contributed by atoms with van der Waals surface area (Å²) in [5.41, 5.74) is 13.7. The van der Waals surface area contributed by atoms with E-state index in [9.17, 15) is 0 Å². The van der Waals surface area contributed by atoms with Gasteiger partial charge in [-0.1, -0.05) is 153 Å². The number of nitrogens with zero attached hydrogens (tertiary/aromatic N) is 1. The number of anilines is 3. The quantitative estimate of drug-likeness (QED) is 0.176. The number of rotatable bonds is 5. The van der Waals surface area contributed by atoms with Crippen molar-refractivity contribution in [2.75, 3.05) is 4.90 Å². The Kier molecular flexibility index (Phi) is 6.78. The van der Waals surface area contributed by atoms with E-state index in [4.69, 9.17) is 0 Å². The van der Waals surface area contributed by atoms with E-state index < -0.39 is 0 Å². The number of hydrogen-bond donors (Lipinski definition) is 0. The summed E-state index contributed by atoms with van der Waals surface area (Å²) in [7, 11) is 0. The summed E-state index contributed by atoms with van der Waals surface area (Å²) < 4.78 is 2.64. The van der Waals surface area contributed by atoms with Crippen LogP contribution in [0.2, 0.25) is 0 Å². The van der Waals surface area contributed by atoms with Gasteiger partial charge in [0.05, 0.1) is 5.69 Å². The van der Waals surface area contributed by atoms with Gasteiger partial charge >= 0.3 is 0 Å². The van der Waals surface area contributed by atoms with Crippen LogP contribution in [0.15, 0.2) is 176 Å². The minimum atomic E-state index is -0.110. The van der Waals surface area contributed by atoms with E-state index in [2.05, 4.69) is 195 Å². The summed E-state index contributed by atoms with van der Waals surface area (Å²) in [6.07, 6.45) is 0. The first kappa shape index (κ1) is 29.9. The van der Waals surface area contributed by atoms with Gasteiger partial charge in [-0.25, -0.2) is 0 Å². The molecule has 10 rings (SSSR count). The maximum atomic E-state index is 2.50. The monoisotopic (exact) mass is 669 g/mol. The smallest absolute Gasteiger partial charge is 0.0547 e. The Morgan fingerprint density at radius 3 is 1.84 bits per heavy atom. The number of benzene rings is 8. The first-order valence-electron chi connectivity index (χ1n) is 17.7. The lowest BCUT2D eigenvalue weighted by atomic mass is 9.82. The lowest BCUT2D eigenvalue weighted by Gasteiger charge is -2.30. The molecule has 1 aliphatic carbocycles. The van der Waals surface area contributed by atoms with E-state index in [1.54, 1.807) is 0 Å². The SMILES string of the molecule is CC1(C)c2ccccc2-c2ccc(N(c3ccc(-c4ccccc4)cc3)c3cc4c5ccccc5sc4c4c(-c5ccccc5)cccc34)cc21. The van der Waals surface area contributed by atoms with Crippen LogP contribution in [-0.4, -0.2) is 0 Å². The number of hydrogen-bond acceptors (Lipinski definition) is 2. The average molecular weight is 670 g/mol. The number of fused-ring (bicyclic) bond motifs is 8. The summed E-state index contributed by atoms with van der Waals surface area (Å²) in [5, 5.41) is 5.14. The Hall–Kier alpha value is -5.96. The third kappa shape index (κ3) is 4.67. The molecule has 1 heterocycles. The molecule has 0 saturated heterocycles. The van der Waals surface area contributed by atoms with Crippen LogP contribution in [0, 0.1) is 0 Å². The first-order chi connectivity index (χ1) is 25.1. The van der Waals surface area contributed by atoms with Crippen molar-refractivity contribution in [3.63, 3.8) is 0 Å². The van der Waals surface area contributed by atoms with Crippen LogP contribution in [0.3, 0.4) is 0 Å². The van der Waals surface area contributed by atoms with Gasteiger partial charge in [-0.15, -0.1) is 11.3 Å². The summed E-state index contributed by atoms with van der Waals surface area (Å²) in [4.78, 5) is 2.50. The van der Waals surface area contributed by atoms with E-state index >= 15 is 0 Å². The standard InChI is InChI=1S/C49H35NS/c1-49(2)43-22-11-9-18-38(43)39-29-28-36(30-44(39)49)50(35-26-24-33(25-27-35)32-14-5-3-6-15-32)45-31-42-40-19-10-12-23-46(40)51-48(42)47-37(20-13-21-41(45)47)34-16-7-4-8-17-34/h3-31H,1-2H3. The van der Waals surface area contributed by atoms with Crippen molar-refractivity contribution in [1.82, 2.24) is 0 Å². The molecule has 0 bridgehead atoms. The summed E-state index contributed by atoms with van der Waals surface area (Å²) in [6.45, 7) is 4.73. The molecule has 0 spiro atoms. The Morgan fingerprint density at radius 2 is 1.04 bits per heavy atom. The molecular weight excluding hydrogens is 635 g/mol. The lowest BCUT2D eigenvalue weighted by Crippen LogP contribution is -2.16. The highest BCUT2D eigenvalue weighted by Gasteiger charge is 2.36. The first-order valence-corrected chi connectivity index (χ1v) is 18.5. The molecule has 51 heavy (non-hydrogen) atoms. The zero-order chi connectivity index (χ0) is 34.1. The Bertz CT molecular complexity index is 2760.